The molecule has 0 aromatic heterocycles. The maximum atomic E-state index is 11.1. The van der Waals surface area contributed by atoms with Gasteiger partial charge in [-0.05, 0) is 6.92 Å². The summed E-state index contributed by atoms with van der Waals surface area (Å²) in [4.78, 5) is -0.00838. The van der Waals surface area contributed by atoms with E-state index in [-0.39, 0.29) is 4.99 Å². The fourth-order valence-electron chi connectivity index (χ4n) is 0.479. The van der Waals surface area contributed by atoms with Crippen LogP contribution in [0.25, 0.3) is 0 Å². The molecule has 66 valence electrons. The topological polar surface area (TPSA) is 72.2 Å². The third kappa shape index (κ3) is 3.13. The van der Waals surface area contributed by atoms with Gasteiger partial charge in [0.2, 0.25) is 10.0 Å². The highest BCUT2D eigenvalue weighted by atomic mass is 32.2. The van der Waals surface area contributed by atoms with E-state index in [1.54, 1.807) is 6.92 Å². The number of rotatable bonds is 4. The minimum Gasteiger partial charge on any atom is -0.392 e. The summed E-state index contributed by atoms with van der Waals surface area (Å²) in [6.45, 7) is 3.51. The zero-order valence-electron chi connectivity index (χ0n) is 6.49. The molecule has 4 nitrogen and oxygen atoms in total. The van der Waals surface area contributed by atoms with Gasteiger partial charge in [0, 0.05) is 6.54 Å². The van der Waals surface area contributed by atoms with Crippen molar-refractivity contribution in [3.05, 3.63) is 0 Å². The lowest BCUT2D eigenvalue weighted by atomic mass is 10.5. The fourth-order valence-corrected chi connectivity index (χ4v) is 1.82. The summed E-state index contributed by atoms with van der Waals surface area (Å²) in [5.74, 6) is 0. The van der Waals surface area contributed by atoms with Crippen molar-refractivity contribution in [3.63, 3.8) is 0 Å². The van der Waals surface area contributed by atoms with Crippen molar-refractivity contribution in [1.82, 2.24) is 4.72 Å². The second-order valence-electron chi connectivity index (χ2n) is 2.09. The molecular formula is C5H12N2O2S2. The Labute approximate surface area is 72.2 Å². The zero-order chi connectivity index (χ0) is 9.07. The molecule has 0 spiro atoms. The summed E-state index contributed by atoms with van der Waals surface area (Å²) in [5, 5.41) is -0.794. The van der Waals surface area contributed by atoms with E-state index in [4.69, 9.17) is 5.73 Å². The van der Waals surface area contributed by atoms with Gasteiger partial charge in [-0.3, -0.25) is 0 Å². The summed E-state index contributed by atoms with van der Waals surface area (Å²) >= 11 is 4.54. The lowest BCUT2D eigenvalue weighted by Gasteiger charge is -2.10. The zero-order valence-corrected chi connectivity index (χ0v) is 8.13. The first kappa shape index (κ1) is 10.8. The third-order valence-electron chi connectivity index (χ3n) is 1.21. The monoisotopic (exact) mass is 196 g/mol. The van der Waals surface area contributed by atoms with Crippen LogP contribution in [-0.2, 0) is 10.0 Å². The van der Waals surface area contributed by atoms with Crippen LogP contribution in [0.2, 0.25) is 0 Å². The van der Waals surface area contributed by atoms with Crippen LogP contribution in [0.4, 0.5) is 0 Å². The number of hydrogen-bond acceptors (Lipinski definition) is 3. The molecule has 0 rings (SSSR count). The Morgan fingerprint density at radius 2 is 2.18 bits per heavy atom. The highest BCUT2D eigenvalue weighted by Gasteiger charge is 2.21. The first-order chi connectivity index (χ1) is 4.91. The van der Waals surface area contributed by atoms with Crippen LogP contribution in [-0.4, -0.2) is 25.2 Å². The van der Waals surface area contributed by atoms with E-state index in [9.17, 15) is 8.42 Å². The van der Waals surface area contributed by atoms with Gasteiger partial charge in [-0.25, -0.2) is 13.1 Å². The molecule has 0 heterocycles. The van der Waals surface area contributed by atoms with Crippen molar-refractivity contribution in [3.8, 4) is 0 Å². The Morgan fingerprint density at radius 3 is 2.45 bits per heavy atom. The van der Waals surface area contributed by atoms with Gasteiger partial charge in [0.25, 0.3) is 0 Å². The van der Waals surface area contributed by atoms with Gasteiger partial charge in [-0.15, -0.1) is 0 Å². The Bertz CT molecular complexity index is 235. The number of nitrogens with one attached hydrogen (secondary N) is 1. The minimum atomic E-state index is -3.33. The summed E-state index contributed by atoms with van der Waals surface area (Å²) in [5.41, 5.74) is 5.16. The molecule has 11 heavy (non-hydrogen) atoms. The fraction of sp³-hybridized carbons (Fsp3) is 0.800. The summed E-state index contributed by atoms with van der Waals surface area (Å²) in [6.07, 6.45) is 0. The maximum absolute atomic E-state index is 11.1. The van der Waals surface area contributed by atoms with Crippen molar-refractivity contribution >= 4 is 27.2 Å². The summed E-state index contributed by atoms with van der Waals surface area (Å²) < 4.78 is 24.5. The Morgan fingerprint density at radius 1 is 1.73 bits per heavy atom. The highest BCUT2D eigenvalue weighted by Crippen LogP contribution is 1.97. The smallest absolute Gasteiger partial charge is 0.220 e. The second-order valence-corrected chi connectivity index (χ2v) is 4.64. The largest absolute Gasteiger partial charge is 0.392 e. The molecule has 6 heteroatoms. The second kappa shape index (κ2) is 3.99. The molecule has 0 aliphatic heterocycles. The third-order valence-corrected chi connectivity index (χ3v) is 3.59. The number of thiocarbonyl (C=S) groups is 1. The molecule has 0 saturated heterocycles. The molecule has 1 atom stereocenters. The van der Waals surface area contributed by atoms with Crippen LogP contribution in [0.3, 0.4) is 0 Å². The molecule has 1 unspecified atom stereocenters. The lowest BCUT2D eigenvalue weighted by Crippen LogP contribution is -2.39. The Hall–Kier alpha value is -0.200. The van der Waals surface area contributed by atoms with Gasteiger partial charge in [0.05, 0.1) is 4.99 Å². The van der Waals surface area contributed by atoms with Crippen molar-refractivity contribution in [2.75, 3.05) is 6.54 Å². The molecule has 0 saturated carbocycles. The average Bonchev–Trinajstić information content (AvgIpc) is 1.86. The van der Waals surface area contributed by atoms with Gasteiger partial charge in [-0.2, -0.15) is 0 Å². The first-order valence-corrected chi connectivity index (χ1v) is 5.15. The molecule has 0 amide bonds. The molecular weight excluding hydrogens is 184 g/mol. The van der Waals surface area contributed by atoms with Crippen LogP contribution in [0.5, 0.6) is 0 Å². The summed E-state index contributed by atoms with van der Waals surface area (Å²) in [7, 11) is -3.33. The van der Waals surface area contributed by atoms with Crippen LogP contribution < -0.4 is 10.5 Å². The average molecular weight is 196 g/mol. The normalized spacial score (nSPS) is 14.4. The Balaban J connectivity index is 4.44. The van der Waals surface area contributed by atoms with Gasteiger partial charge in [0.1, 0.15) is 5.25 Å². The van der Waals surface area contributed by atoms with E-state index in [2.05, 4.69) is 16.9 Å². The van der Waals surface area contributed by atoms with Gasteiger partial charge in [0.15, 0.2) is 0 Å². The van der Waals surface area contributed by atoms with Crippen molar-refractivity contribution < 1.29 is 8.42 Å². The molecule has 0 aromatic rings. The molecule has 0 aliphatic carbocycles. The van der Waals surface area contributed by atoms with Crippen LogP contribution in [0.15, 0.2) is 0 Å². The summed E-state index contributed by atoms with van der Waals surface area (Å²) in [6, 6.07) is 0. The van der Waals surface area contributed by atoms with Gasteiger partial charge < -0.3 is 5.73 Å². The quantitative estimate of drug-likeness (QED) is 0.600. The van der Waals surface area contributed by atoms with Crippen molar-refractivity contribution in [1.29, 1.82) is 0 Å². The number of nitrogens with two attached hydrogens (primary N) is 1. The predicted molar refractivity (Wildman–Crippen MR) is 48.8 cm³/mol. The van der Waals surface area contributed by atoms with Crippen LogP contribution in [0, 0.1) is 0 Å². The molecule has 0 radical (unpaired) electrons. The van der Waals surface area contributed by atoms with Crippen molar-refractivity contribution in [2.45, 2.75) is 19.1 Å². The van der Waals surface area contributed by atoms with E-state index in [1.807, 2.05) is 0 Å². The van der Waals surface area contributed by atoms with E-state index in [0.29, 0.717) is 6.54 Å². The highest BCUT2D eigenvalue weighted by molar-refractivity contribution is 7.93. The number of sulfonamides is 1. The first-order valence-electron chi connectivity index (χ1n) is 3.19. The standard InChI is InChI=1S/C5H12N2O2S2/c1-3-7-11(8,9)4(2)5(6)10/h4,7H,3H2,1-2H3,(H2,6,10). The molecule has 0 aliphatic rings. The van der Waals surface area contributed by atoms with Crippen molar-refractivity contribution in [2.24, 2.45) is 5.73 Å². The molecule has 3 N–H and O–H groups in total. The predicted octanol–water partition coefficient (Wildman–Crippen LogP) is -0.400. The minimum absolute atomic E-state index is 0.00838. The molecule has 0 fully saturated rings. The van der Waals surface area contributed by atoms with E-state index in [1.165, 1.54) is 6.92 Å². The lowest BCUT2D eigenvalue weighted by molar-refractivity contribution is 0.581. The SMILES string of the molecule is CCNS(=O)(=O)C(C)C(N)=S. The Kier molecular flexibility index (Phi) is 3.91. The van der Waals surface area contributed by atoms with Crippen LogP contribution >= 0.6 is 12.2 Å². The number of hydrogen-bond donors (Lipinski definition) is 2. The molecule has 0 aromatic carbocycles. The van der Waals surface area contributed by atoms with Gasteiger partial charge in [-0.1, -0.05) is 19.1 Å². The maximum Gasteiger partial charge on any atom is 0.220 e. The molecule has 0 bridgehead atoms. The van der Waals surface area contributed by atoms with E-state index < -0.39 is 15.3 Å². The van der Waals surface area contributed by atoms with E-state index >= 15 is 0 Å². The van der Waals surface area contributed by atoms with Crippen LogP contribution in [0.1, 0.15) is 13.8 Å². The van der Waals surface area contributed by atoms with Gasteiger partial charge >= 0.3 is 0 Å². The van der Waals surface area contributed by atoms with E-state index in [0.717, 1.165) is 0 Å².